The van der Waals surface area contributed by atoms with E-state index in [9.17, 15) is 34.4 Å². The van der Waals surface area contributed by atoms with Crippen LogP contribution in [0.25, 0.3) is 0 Å². The second-order valence-electron chi connectivity index (χ2n) is 9.05. The summed E-state index contributed by atoms with van der Waals surface area (Å²) >= 11 is 1.25. The number of carboxylic acid groups (broad SMARTS) is 1. The minimum absolute atomic E-state index is 0. The number of hydrogen-bond donors (Lipinski definition) is 2. The van der Waals surface area contributed by atoms with E-state index in [1.165, 1.54) is 40.9 Å². The number of carbonyl (C=O) groups is 4. The van der Waals surface area contributed by atoms with Crippen molar-refractivity contribution in [3.63, 3.8) is 0 Å². The van der Waals surface area contributed by atoms with E-state index in [0.717, 1.165) is 0 Å². The predicted molar refractivity (Wildman–Crippen MR) is 129 cm³/mol. The summed E-state index contributed by atoms with van der Waals surface area (Å²) in [6, 6.07) is 10.5. The average Bonchev–Trinajstić information content (AvgIpc) is 3.13. The molecule has 2 aromatic carbocycles. The van der Waals surface area contributed by atoms with Crippen LogP contribution >= 0.6 is 11.8 Å². The number of nitrogens with one attached hydrogen (secondary N) is 2. The first-order chi connectivity index (χ1) is 17.5. The molecule has 0 spiro atoms. The molecule has 2 N–H and O–H groups in total. The molecule has 3 amide bonds. The van der Waals surface area contributed by atoms with Gasteiger partial charge in [0.2, 0.25) is 11.8 Å². The summed E-state index contributed by atoms with van der Waals surface area (Å²) in [6.45, 7) is 3.19. The third-order valence-corrected chi connectivity index (χ3v) is 7.71. The maximum Gasteiger partial charge on any atom is 1.00 e. The number of thioether (sulfide) groups is 1. The van der Waals surface area contributed by atoms with Crippen LogP contribution in [0.5, 0.6) is 0 Å². The van der Waals surface area contributed by atoms with E-state index in [4.69, 9.17) is 4.74 Å². The molecule has 0 aliphatic carbocycles. The Morgan fingerprint density at radius 1 is 1.13 bits per heavy atom. The number of nitrogens with zero attached hydrogens (tertiary/aromatic N) is 2. The van der Waals surface area contributed by atoms with Crippen LogP contribution in [0.4, 0.5) is 10.5 Å². The number of hydrogen-bond acceptors (Lipinski definition) is 9. The molecular formula is C24H23KN4O8S. The van der Waals surface area contributed by atoms with Gasteiger partial charge in [-0.15, -0.1) is 11.8 Å². The van der Waals surface area contributed by atoms with Gasteiger partial charge in [-0.1, -0.05) is 30.3 Å². The average molecular weight is 567 g/mol. The van der Waals surface area contributed by atoms with Crippen molar-refractivity contribution in [2.45, 2.75) is 48.7 Å². The zero-order valence-corrected chi connectivity index (χ0v) is 24.7. The number of nitro benzene ring substituents is 1. The van der Waals surface area contributed by atoms with Crippen molar-refractivity contribution in [1.29, 1.82) is 0 Å². The fraction of sp³-hybridized carbons (Fsp3) is 0.333. The zero-order valence-electron chi connectivity index (χ0n) is 20.8. The Morgan fingerprint density at radius 3 is 2.34 bits per heavy atom. The van der Waals surface area contributed by atoms with Crippen molar-refractivity contribution in [3.8, 4) is 0 Å². The molecule has 194 valence electrons. The minimum atomic E-state index is -1.36. The second kappa shape index (κ2) is 12.1. The van der Waals surface area contributed by atoms with Gasteiger partial charge in [-0.2, -0.15) is 0 Å². The molecule has 2 unspecified atom stereocenters. The summed E-state index contributed by atoms with van der Waals surface area (Å²) in [5.41, 5.74) is 0.834. The van der Waals surface area contributed by atoms with Crippen LogP contribution in [0, 0.1) is 10.1 Å². The van der Waals surface area contributed by atoms with E-state index in [-0.39, 0.29) is 63.7 Å². The number of rotatable bonds is 8. The standard InChI is InChI=1S/C24H24N4O8S.K/c1-24(2)18(22(31)32)27-20(30)17(21(27)37-24)25-19(29)16(14-6-4-3-5-7-14)26-23(33)36-12-13-8-10-15(11-9-13)28(34)35;/h3-11,16-18,21H,12H2,1-2H3,(H,25,29)(H,26,33)(H,31,32);/q;+1/p-1/t16?,17?,18-,21+;/m0./s1. The number of non-ortho nitro benzene ring substituents is 1. The molecule has 2 saturated heterocycles. The molecular weight excluding hydrogens is 543 g/mol. The summed E-state index contributed by atoms with van der Waals surface area (Å²) in [5, 5.41) is 26.9. The van der Waals surface area contributed by atoms with E-state index in [2.05, 4.69) is 10.6 Å². The Balaban J connectivity index is 0.00000400. The number of aliphatic carboxylic acids is 1. The van der Waals surface area contributed by atoms with Crippen molar-refractivity contribution in [2.24, 2.45) is 0 Å². The number of carboxylic acids is 1. The quantitative estimate of drug-likeness (QED) is 0.157. The van der Waals surface area contributed by atoms with Gasteiger partial charge in [-0.05, 0) is 37.1 Å². The number of fused-ring (bicyclic) bond motifs is 1. The number of carbonyl (C=O) groups excluding carboxylic acids is 4. The number of β-lactam (4-membered cyclic amide) rings is 1. The van der Waals surface area contributed by atoms with Gasteiger partial charge < -0.3 is 30.2 Å². The molecule has 2 aliphatic heterocycles. The topological polar surface area (TPSA) is 171 Å². The second-order valence-corrected chi connectivity index (χ2v) is 10.8. The SMILES string of the molecule is CC1(C)S[C@@H]2C(NC(=O)C(NC(=O)OCc3ccc([N+](=O)[O-])cc3)c3ccccc3)C(=O)N2[C@H]1C(=O)[O-].[K+]. The van der Waals surface area contributed by atoms with E-state index in [1.807, 2.05) is 0 Å². The summed E-state index contributed by atoms with van der Waals surface area (Å²) in [5.74, 6) is -2.58. The van der Waals surface area contributed by atoms with Gasteiger partial charge >= 0.3 is 57.5 Å². The Morgan fingerprint density at radius 2 is 1.76 bits per heavy atom. The fourth-order valence-electron chi connectivity index (χ4n) is 4.33. The normalized spacial score (nSPS) is 21.7. The molecule has 0 aromatic heterocycles. The molecule has 4 rings (SSSR count). The summed E-state index contributed by atoms with van der Waals surface area (Å²) in [4.78, 5) is 61.5. The number of ether oxygens (including phenoxy) is 1. The van der Waals surface area contributed by atoms with Crippen molar-refractivity contribution in [2.75, 3.05) is 0 Å². The van der Waals surface area contributed by atoms with Crippen molar-refractivity contribution in [1.82, 2.24) is 15.5 Å². The third kappa shape index (κ3) is 6.21. The van der Waals surface area contributed by atoms with Crippen molar-refractivity contribution in [3.05, 3.63) is 75.8 Å². The molecule has 0 radical (unpaired) electrons. The van der Waals surface area contributed by atoms with Crippen LogP contribution in [-0.2, 0) is 25.7 Å². The van der Waals surface area contributed by atoms with E-state index in [0.29, 0.717) is 11.1 Å². The number of benzene rings is 2. The van der Waals surface area contributed by atoms with Gasteiger partial charge in [-0.3, -0.25) is 19.7 Å². The molecule has 14 heteroatoms. The van der Waals surface area contributed by atoms with E-state index in [1.54, 1.807) is 44.2 Å². The number of alkyl carbamates (subject to hydrolysis) is 1. The molecule has 4 atom stereocenters. The zero-order chi connectivity index (χ0) is 26.9. The molecule has 12 nitrogen and oxygen atoms in total. The third-order valence-electron chi connectivity index (χ3n) is 6.14. The molecule has 0 bridgehead atoms. The van der Waals surface area contributed by atoms with Gasteiger partial charge in [0.1, 0.15) is 24.1 Å². The monoisotopic (exact) mass is 566 g/mol. The Hall–Kier alpha value is -2.49. The van der Waals surface area contributed by atoms with Crippen LogP contribution in [0.15, 0.2) is 54.6 Å². The summed E-state index contributed by atoms with van der Waals surface area (Å²) in [7, 11) is 0. The van der Waals surface area contributed by atoms with Gasteiger partial charge in [0, 0.05) is 16.9 Å². The maximum absolute atomic E-state index is 13.2. The Bertz CT molecular complexity index is 1240. The molecule has 38 heavy (non-hydrogen) atoms. The molecule has 2 fully saturated rings. The molecule has 2 aromatic rings. The molecule has 2 aliphatic rings. The van der Waals surface area contributed by atoms with Gasteiger partial charge in [0.25, 0.3) is 5.69 Å². The summed E-state index contributed by atoms with van der Waals surface area (Å²) < 4.78 is 4.37. The minimum Gasteiger partial charge on any atom is -0.548 e. The van der Waals surface area contributed by atoms with Crippen LogP contribution in [-0.4, -0.2) is 55.9 Å². The summed E-state index contributed by atoms with van der Waals surface area (Å²) in [6.07, 6.45) is -0.919. The van der Waals surface area contributed by atoms with Gasteiger partial charge in [0.05, 0.1) is 16.9 Å². The number of amides is 3. The van der Waals surface area contributed by atoms with E-state index >= 15 is 0 Å². The van der Waals surface area contributed by atoms with Gasteiger partial charge in [0.15, 0.2) is 0 Å². The first kappa shape index (κ1) is 30.1. The Labute approximate surface area is 264 Å². The maximum atomic E-state index is 13.2. The smallest absolute Gasteiger partial charge is 0.548 e. The van der Waals surface area contributed by atoms with Gasteiger partial charge in [-0.25, -0.2) is 4.79 Å². The first-order valence-corrected chi connectivity index (χ1v) is 12.1. The van der Waals surface area contributed by atoms with Crippen molar-refractivity contribution >= 4 is 41.3 Å². The van der Waals surface area contributed by atoms with Crippen LogP contribution in [0.2, 0.25) is 0 Å². The predicted octanol–water partition coefficient (Wildman–Crippen LogP) is -2.14. The van der Waals surface area contributed by atoms with Crippen LogP contribution in [0.1, 0.15) is 31.0 Å². The van der Waals surface area contributed by atoms with E-state index < -0.39 is 57.0 Å². The fourth-order valence-corrected chi connectivity index (χ4v) is 5.95. The molecule has 0 saturated carbocycles. The van der Waals surface area contributed by atoms with Crippen molar-refractivity contribution < 1.29 is 85.3 Å². The number of nitro groups is 1. The van der Waals surface area contributed by atoms with Crippen LogP contribution < -0.4 is 67.1 Å². The van der Waals surface area contributed by atoms with Crippen LogP contribution in [0.3, 0.4) is 0 Å². The Kier molecular flexibility index (Phi) is 9.60. The first-order valence-electron chi connectivity index (χ1n) is 11.2. The largest absolute Gasteiger partial charge is 1.00 e. The molecule has 2 heterocycles.